The maximum atomic E-state index is 10.7. The van der Waals surface area contributed by atoms with E-state index in [1.807, 2.05) is 30.3 Å². The predicted molar refractivity (Wildman–Crippen MR) is 126 cm³/mol. The summed E-state index contributed by atoms with van der Waals surface area (Å²) in [6.07, 6.45) is 6.49. The lowest BCUT2D eigenvalue weighted by Gasteiger charge is -2.50. The zero-order valence-electron chi connectivity index (χ0n) is 18.4. The van der Waals surface area contributed by atoms with E-state index in [-0.39, 0.29) is 23.9 Å². The van der Waals surface area contributed by atoms with Gasteiger partial charge in [-0.25, -0.2) is 0 Å². The van der Waals surface area contributed by atoms with Gasteiger partial charge in [0.15, 0.2) is 0 Å². The number of aryl methyl sites for hydroxylation is 1. The summed E-state index contributed by atoms with van der Waals surface area (Å²) in [6.45, 7) is 2.92. The van der Waals surface area contributed by atoms with Crippen LogP contribution in [0.5, 0.6) is 11.5 Å². The van der Waals surface area contributed by atoms with Gasteiger partial charge in [-0.2, -0.15) is 0 Å². The number of rotatable bonds is 4. The Morgan fingerprint density at radius 1 is 1.10 bits per heavy atom. The second kappa shape index (κ2) is 8.55. The summed E-state index contributed by atoms with van der Waals surface area (Å²) >= 11 is 0. The van der Waals surface area contributed by atoms with E-state index in [2.05, 4.69) is 18.3 Å². The van der Waals surface area contributed by atoms with Gasteiger partial charge in [0.1, 0.15) is 11.5 Å². The van der Waals surface area contributed by atoms with Crippen molar-refractivity contribution in [2.24, 2.45) is 17.3 Å². The minimum absolute atomic E-state index is 0. The van der Waals surface area contributed by atoms with Crippen molar-refractivity contribution in [1.29, 1.82) is 0 Å². The van der Waals surface area contributed by atoms with E-state index < -0.39 is 0 Å². The lowest BCUT2D eigenvalue weighted by atomic mass is 9.55. The first kappa shape index (κ1) is 22.3. The van der Waals surface area contributed by atoms with Gasteiger partial charge in [-0.05, 0) is 109 Å². The van der Waals surface area contributed by atoms with E-state index in [0.717, 1.165) is 49.1 Å². The van der Waals surface area contributed by atoms with Crippen LogP contribution in [0.1, 0.15) is 61.6 Å². The quantitative estimate of drug-likeness (QED) is 0.571. The number of aliphatic hydroxyl groups excluding tert-OH is 1. The smallest absolute Gasteiger partial charge is 0.120 e. The first-order chi connectivity index (χ1) is 14.5. The average Bonchev–Trinajstić information content (AvgIpc) is 3.07. The Labute approximate surface area is 191 Å². The molecule has 0 aromatic heterocycles. The van der Waals surface area contributed by atoms with Crippen LogP contribution in [0, 0.1) is 17.3 Å². The summed E-state index contributed by atoms with van der Waals surface area (Å²) in [7, 11) is 1.67. The van der Waals surface area contributed by atoms with E-state index in [9.17, 15) is 10.2 Å². The molecule has 0 spiro atoms. The van der Waals surface area contributed by atoms with Crippen molar-refractivity contribution in [2.45, 2.75) is 64.0 Å². The summed E-state index contributed by atoms with van der Waals surface area (Å²) in [5.74, 6) is 3.10. The third-order valence-electron chi connectivity index (χ3n) is 8.45. The van der Waals surface area contributed by atoms with Crippen molar-refractivity contribution in [1.82, 2.24) is 0 Å². The van der Waals surface area contributed by atoms with Crippen molar-refractivity contribution in [2.75, 3.05) is 12.4 Å². The van der Waals surface area contributed by atoms with Crippen LogP contribution in [0.25, 0.3) is 0 Å². The van der Waals surface area contributed by atoms with Crippen LogP contribution in [0.3, 0.4) is 0 Å². The Bertz CT molecular complexity index is 931. The van der Waals surface area contributed by atoms with Gasteiger partial charge in [0.2, 0.25) is 0 Å². The van der Waals surface area contributed by atoms with Crippen molar-refractivity contribution < 1.29 is 14.9 Å². The highest BCUT2D eigenvalue weighted by Crippen LogP contribution is 2.61. The molecule has 2 aromatic carbocycles. The number of anilines is 1. The topological polar surface area (TPSA) is 61.7 Å². The third-order valence-corrected chi connectivity index (χ3v) is 8.45. The SMILES string of the molecule is COc1ccc(NCc2cc3c(cc2O)CC[C@@H]2[C@@H]3CC[C@]3(C)[C@@H](O)CC[C@@H]23)cc1.Cl. The van der Waals surface area contributed by atoms with Gasteiger partial charge in [-0.3, -0.25) is 0 Å². The molecule has 0 aliphatic heterocycles. The van der Waals surface area contributed by atoms with Crippen LogP contribution in [0.4, 0.5) is 5.69 Å². The normalized spacial score (nSPS) is 31.1. The largest absolute Gasteiger partial charge is 0.508 e. The summed E-state index contributed by atoms with van der Waals surface area (Å²) in [5.41, 5.74) is 4.85. The molecule has 3 aliphatic carbocycles. The molecular formula is C26H34ClNO3. The molecule has 0 bridgehead atoms. The van der Waals surface area contributed by atoms with Gasteiger partial charge in [-0.1, -0.05) is 6.92 Å². The number of methoxy groups -OCH3 is 1. The standard InChI is InChI=1S/C26H33NO3.ClH/c1-26-12-11-20-21(23(26)9-10-25(26)29)8-3-16-14-24(28)17(13-22(16)20)15-27-18-4-6-19(30-2)7-5-18;/h4-7,13-14,20-21,23,25,27-29H,3,8-12,15H2,1-2H3;1H/t20-,21+,23-,25-,26-;/m0./s1. The molecule has 2 fully saturated rings. The maximum Gasteiger partial charge on any atom is 0.120 e. The molecule has 5 atom stereocenters. The average molecular weight is 444 g/mol. The molecule has 0 saturated heterocycles. The predicted octanol–water partition coefficient (Wildman–Crippen LogP) is 5.65. The maximum absolute atomic E-state index is 10.7. The lowest BCUT2D eigenvalue weighted by Crippen LogP contribution is -2.43. The number of halogens is 1. The van der Waals surface area contributed by atoms with Crippen molar-refractivity contribution in [3.63, 3.8) is 0 Å². The van der Waals surface area contributed by atoms with E-state index in [1.165, 1.54) is 17.5 Å². The summed E-state index contributed by atoms with van der Waals surface area (Å²) in [5, 5.41) is 24.7. The number of ether oxygens (including phenoxy) is 1. The van der Waals surface area contributed by atoms with Crippen LogP contribution in [0.2, 0.25) is 0 Å². The lowest BCUT2D eigenvalue weighted by molar-refractivity contribution is -0.0226. The molecule has 4 nitrogen and oxygen atoms in total. The van der Waals surface area contributed by atoms with Gasteiger partial charge >= 0.3 is 0 Å². The highest BCUT2D eigenvalue weighted by molar-refractivity contribution is 5.85. The second-order valence-corrected chi connectivity index (χ2v) is 9.81. The van der Waals surface area contributed by atoms with Crippen molar-refractivity contribution in [3.8, 4) is 11.5 Å². The number of fused-ring (bicyclic) bond motifs is 5. The van der Waals surface area contributed by atoms with E-state index >= 15 is 0 Å². The Morgan fingerprint density at radius 2 is 1.87 bits per heavy atom. The highest BCUT2D eigenvalue weighted by atomic mass is 35.5. The monoisotopic (exact) mass is 443 g/mol. The van der Waals surface area contributed by atoms with Crippen molar-refractivity contribution in [3.05, 3.63) is 53.1 Å². The van der Waals surface area contributed by atoms with E-state index in [1.54, 1.807) is 7.11 Å². The number of benzene rings is 2. The first-order valence-corrected chi connectivity index (χ1v) is 11.4. The molecule has 2 saturated carbocycles. The molecule has 5 rings (SSSR count). The number of hydrogen-bond donors (Lipinski definition) is 3. The zero-order valence-corrected chi connectivity index (χ0v) is 19.3. The fraction of sp³-hybridized carbons (Fsp3) is 0.538. The fourth-order valence-corrected chi connectivity index (χ4v) is 6.68. The molecule has 0 heterocycles. The molecule has 2 aromatic rings. The number of phenolic OH excluding ortho intramolecular Hbond substituents is 1. The summed E-state index contributed by atoms with van der Waals surface area (Å²) in [6, 6.07) is 12.1. The number of phenols is 1. The number of hydrogen-bond acceptors (Lipinski definition) is 4. The molecular weight excluding hydrogens is 410 g/mol. The van der Waals surface area contributed by atoms with Gasteiger partial charge in [0, 0.05) is 17.8 Å². The molecule has 168 valence electrons. The van der Waals surface area contributed by atoms with Crippen LogP contribution >= 0.6 is 12.4 Å². The van der Waals surface area contributed by atoms with Crippen LogP contribution < -0.4 is 10.1 Å². The Morgan fingerprint density at radius 3 is 2.61 bits per heavy atom. The van der Waals surface area contributed by atoms with Crippen LogP contribution in [0.15, 0.2) is 36.4 Å². The molecule has 31 heavy (non-hydrogen) atoms. The summed E-state index contributed by atoms with van der Waals surface area (Å²) < 4.78 is 5.22. The molecule has 3 N–H and O–H groups in total. The second-order valence-electron chi connectivity index (χ2n) is 9.81. The number of nitrogens with one attached hydrogen (secondary N) is 1. The van der Waals surface area contributed by atoms with Crippen LogP contribution in [-0.2, 0) is 13.0 Å². The van der Waals surface area contributed by atoms with Crippen LogP contribution in [-0.4, -0.2) is 23.4 Å². The van der Waals surface area contributed by atoms with Crippen molar-refractivity contribution >= 4 is 18.1 Å². The number of aliphatic hydroxyl groups is 1. The minimum atomic E-state index is -0.131. The third kappa shape index (κ3) is 3.78. The highest BCUT2D eigenvalue weighted by Gasteiger charge is 2.54. The Balaban J connectivity index is 0.00000231. The first-order valence-electron chi connectivity index (χ1n) is 11.4. The Kier molecular flexibility index (Phi) is 6.15. The molecule has 0 radical (unpaired) electrons. The van der Waals surface area contributed by atoms with Gasteiger partial charge < -0.3 is 20.3 Å². The van der Waals surface area contributed by atoms with Gasteiger partial charge in [-0.15, -0.1) is 12.4 Å². The molecule has 3 aliphatic rings. The minimum Gasteiger partial charge on any atom is -0.508 e. The van der Waals surface area contributed by atoms with E-state index in [4.69, 9.17) is 4.74 Å². The van der Waals surface area contributed by atoms with Gasteiger partial charge in [0.25, 0.3) is 0 Å². The Hall–Kier alpha value is -1.91. The molecule has 0 amide bonds. The van der Waals surface area contributed by atoms with E-state index in [0.29, 0.717) is 30.0 Å². The fourth-order valence-electron chi connectivity index (χ4n) is 6.68. The molecule has 0 unspecified atom stereocenters. The molecule has 5 heteroatoms. The number of aromatic hydroxyl groups is 1. The summed E-state index contributed by atoms with van der Waals surface area (Å²) in [4.78, 5) is 0. The van der Waals surface area contributed by atoms with Gasteiger partial charge in [0.05, 0.1) is 13.2 Å². The zero-order chi connectivity index (χ0) is 20.9.